The third-order valence-corrected chi connectivity index (χ3v) is 3.23. The van der Waals surface area contributed by atoms with E-state index < -0.39 is 23.0 Å². The van der Waals surface area contributed by atoms with E-state index in [0.29, 0.717) is 18.9 Å². The van der Waals surface area contributed by atoms with E-state index >= 15 is 0 Å². The Hall–Kier alpha value is -1.57. The Morgan fingerprint density at radius 1 is 1.24 bits per heavy atom. The largest absolute Gasteiger partial charge is 0.416 e. The molecule has 1 aliphatic carbocycles. The lowest BCUT2D eigenvalue weighted by molar-refractivity contribution is -0.137. The van der Waals surface area contributed by atoms with Gasteiger partial charge in [0.1, 0.15) is 5.82 Å². The van der Waals surface area contributed by atoms with Crippen LogP contribution in [0.15, 0.2) is 18.2 Å². The first-order chi connectivity index (χ1) is 7.89. The highest BCUT2D eigenvalue weighted by molar-refractivity contribution is 5.39. The molecule has 1 aromatic rings. The lowest BCUT2D eigenvalue weighted by atomic mass is 9.65. The van der Waals surface area contributed by atoms with Gasteiger partial charge in [0.25, 0.3) is 0 Å². The van der Waals surface area contributed by atoms with E-state index in [-0.39, 0.29) is 5.56 Å². The van der Waals surface area contributed by atoms with E-state index in [9.17, 15) is 17.6 Å². The van der Waals surface area contributed by atoms with Crippen molar-refractivity contribution in [2.45, 2.75) is 30.9 Å². The van der Waals surface area contributed by atoms with Crippen molar-refractivity contribution in [2.75, 3.05) is 0 Å². The maximum Gasteiger partial charge on any atom is 0.416 e. The van der Waals surface area contributed by atoms with E-state index in [1.165, 1.54) is 0 Å². The number of alkyl halides is 3. The summed E-state index contributed by atoms with van der Waals surface area (Å²) < 4.78 is 51.1. The maximum atomic E-state index is 13.5. The number of nitriles is 1. The second-order valence-corrected chi connectivity index (χ2v) is 4.24. The number of hydrogen-bond donors (Lipinski definition) is 0. The molecule has 0 bridgehead atoms. The molecule has 1 saturated carbocycles. The SMILES string of the molecule is N#CC1(c2cc(C(F)(F)F)ccc2F)CCC1. The number of benzene rings is 1. The molecule has 0 spiro atoms. The molecule has 0 atom stereocenters. The molecule has 0 amide bonds. The van der Waals surface area contributed by atoms with Gasteiger partial charge in [0.05, 0.1) is 17.0 Å². The third kappa shape index (κ3) is 1.88. The van der Waals surface area contributed by atoms with Gasteiger partial charge in [-0.05, 0) is 37.5 Å². The topological polar surface area (TPSA) is 23.8 Å². The van der Waals surface area contributed by atoms with Crippen molar-refractivity contribution in [3.63, 3.8) is 0 Å². The van der Waals surface area contributed by atoms with E-state index in [4.69, 9.17) is 5.26 Å². The predicted octanol–water partition coefficient (Wildman–Crippen LogP) is 3.79. The van der Waals surface area contributed by atoms with Gasteiger partial charge in [-0.15, -0.1) is 0 Å². The van der Waals surface area contributed by atoms with Crippen LogP contribution < -0.4 is 0 Å². The summed E-state index contributed by atoms with van der Waals surface area (Å²) in [6.45, 7) is 0. The maximum absolute atomic E-state index is 13.5. The van der Waals surface area contributed by atoms with Gasteiger partial charge in [-0.1, -0.05) is 0 Å². The summed E-state index contributed by atoms with van der Waals surface area (Å²) in [5.41, 5.74) is -2.10. The molecule has 0 heterocycles. The summed E-state index contributed by atoms with van der Waals surface area (Å²) in [7, 11) is 0. The number of halogens is 4. The summed E-state index contributed by atoms with van der Waals surface area (Å²) >= 11 is 0. The van der Waals surface area contributed by atoms with Crippen LogP contribution in [0.25, 0.3) is 0 Å². The highest BCUT2D eigenvalue weighted by Crippen LogP contribution is 2.45. The first-order valence-electron chi connectivity index (χ1n) is 5.17. The van der Waals surface area contributed by atoms with Crippen molar-refractivity contribution in [1.29, 1.82) is 5.26 Å². The minimum Gasteiger partial charge on any atom is -0.207 e. The first kappa shape index (κ1) is 11.9. The molecule has 0 saturated heterocycles. The van der Waals surface area contributed by atoms with Crippen LogP contribution in [-0.4, -0.2) is 0 Å². The fraction of sp³-hybridized carbons (Fsp3) is 0.417. The van der Waals surface area contributed by atoms with Gasteiger partial charge in [-0.2, -0.15) is 18.4 Å². The van der Waals surface area contributed by atoms with Gasteiger partial charge in [0.2, 0.25) is 0 Å². The molecule has 1 nitrogen and oxygen atoms in total. The van der Waals surface area contributed by atoms with Crippen molar-refractivity contribution in [1.82, 2.24) is 0 Å². The molecule has 90 valence electrons. The van der Waals surface area contributed by atoms with Gasteiger partial charge in [-0.3, -0.25) is 0 Å². The van der Waals surface area contributed by atoms with Gasteiger partial charge >= 0.3 is 6.18 Å². The Kier molecular flexibility index (Phi) is 2.61. The standard InChI is InChI=1S/C12H9F4N/c13-10-3-2-8(12(14,15)16)6-9(10)11(7-17)4-1-5-11/h2-3,6H,1,4-5H2. The van der Waals surface area contributed by atoms with Crippen LogP contribution in [0.2, 0.25) is 0 Å². The average Bonchev–Trinajstić information content (AvgIpc) is 2.18. The van der Waals surface area contributed by atoms with Crippen LogP contribution in [-0.2, 0) is 11.6 Å². The molecule has 0 radical (unpaired) electrons. The normalized spacial score (nSPS) is 18.3. The number of rotatable bonds is 1. The predicted molar refractivity (Wildman–Crippen MR) is 52.5 cm³/mol. The van der Waals surface area contributed by atoms with E-state index in [1.54, 1.807) is 0 Å². The molecule has 1 aliphatic rings. The summed E-state index contributed by atoms with van der Waals surface area (Å²) in [4.78, 5) is 0. The second-order valence-electron chi connectivity index (χ2n) is 4.24. The highest BCUT2D eigenvalue weighted by Gasteiger charge is 2.42. The Labute approximate surface area is 95.7 Å². The molecular formula is C12H9F4N. The van der Waals surface area contributed by atoms with E-state index in [1.807, 2.05) is 6.07 Å². The van der Waals surface area contributed by atoms with Crippen molar-refractivity contribution in [3.8, 4) is 6.07 Å². The fourth-order valence-corrected chi connectivity index (χ4v) is 2.04. The van der Waals surface area contributed by atoms with Crippen LogP contribution >= 0.6 is 0 Å². The van der Waals surface area contributed by atoms with Crippen molar-refractivity contribution < 1.29 is 17.6 Å². The van der Waals surface area contributed by atoms with Crippen LogP contribution in [0.1, 0.15) is 30.4 Å². The summed E-state index contributed by atoms with van der Waals surface area (Å²) in [6.07, 6.45) is -2.93. The average molecular weight is 243 g/mol. The Balaban J connectivity index is 2.51. The van der Waals surface area contributed by atoms with Crippen molar-refractivity contribution in [2.24, 2.45) is 0 Å². The van der Waals surface area contributed by atoms with Gasteiger partial charge in [0, 0.05) is 5.56 Å². The highest BCUT2D eigenvalue weighted by atomic mass is 19.4. The van der Waals surface area contributed by atoms with Crippen LogP contribution in [0.3, 0.4) is 0 Å². The Morgan fingerprint density at radius 2 is 1.88 bits per heavy atom. The molecule has 0 aliphatic heterocycles. The minimum atomic E-state index is -4.51. The first-order valence-corrected chi connectivity index (χ1v) is 5.17. The summed E-state index contributed by atoms with van der Waals surface area (Å²) in [5.74, 6) is -0.737. The lowest BCUT2D eigenvalue weighted by Crippen LogP contribution is -2.33. The smallest absolute Gasteiger partial charge is 0.207 e. The molecular weight excluding hydrogens is 234 g/mol. The summed E-state index contributed by atoms with van der Waals surface area (Å²) in [5, 5.41) is 9.01. The molecule has 2 rings (SSSR count). The molecule has 0 N–H and O–H groups in total. The van der Waals surface area contributed by atoms with Crippen LogP contribution in [0.5, 0.6) is 0 Å². The third-order valence-electron chi connectivity index (χ3n) is 3.23. The van der Waals surface area contributed by atoms with E-state index in [0.717, 1.165) is 18.6 Å². The fourth-order valence-electron chi connectivity index (χ4n) is 2.04. The molecule has 1 fully saturated rings. The molecule has 0 aromatic heterocycles. The van der Waals surface area contributed by atoms with Crippen molar-refractivity contribution in [3.05, 3.63) is 35.1 Å². The monoisotopic (exact) mass is 243 g/mol. The molecule has 17 heavy (non-hydrogen) atoms. The quantitative estimate of drug-likeness (QED) is 0.688. The number of hydrogen-bond acceptors (Lipinski definition) is 1. The minimum absolute atomic E-state index is 0.124. The van der Waals surface area contributed by atoms with Gasteiger partial charge in [0.15, 0.2) is 0 Å². The molecule has 1 aromatic carbocycles. The van der Waals surface area contributed by atoms with Crippen LogP contribution in [0.4, 0.5) is 17.6 Å². The van der Waals surface area contributed by atoms with E-state index in [2.05, 4.69) is 0 Å². The summed E-state index contributed by atoms with van der Waals surface area (Å²) in [6, 6.07) is 4.19. The zero-order chi connectivity index (χ0) is 12.7. The van der Waals surface area contributed by atoms with Crippen LogP contribution in [0, 0.1) is 17.1 Å². The Bertz CT molecular complexity index is 480. The second kappa shape index (κ2) is 3.73. The molecule has 5 heteroatoms. The number of nitrogens with zero attached hydrogens (tertiary/aromatic N) is 1. The lowest BCUT2D eigenvalue weighted by Gasteiger charge is -2.36. The Morgan fingerprint density at radius 3 is 2.29 bits per heavy atom. The van der Waals surface area contributed by atoms with Crippen molar-refractivity contribution >= 4 is 0 Å². The van der Waals surface area contributed by atoms with Gasteiger partial charge < -0.3 is 0 Å². The zero-order valence-electron chi connectivity index (χ0n) is 8.81. The van der Waals surface area contributed by atoms with Gasteiger partial charge in [-0.25, -0.2) is 4.39 Å². The molecule has 0 unspecified atom stereocenters. The zero-order valence-corrected chi connectivity index (χ0v) is 8.81.